The molecule has 0 heterocycles. The minimum Gasteiger partial charge on any atom is -0.330 e. The molecule has 0 aromatic heterocycles. The average Bonchev–Trinajstić information content (AvgIpc) is 1.98. The molecule has 0 unspecified atom stereocenters. The van der Waals surface area contributed by atoms with Crippen molar-refractivity contribution in [3.63, 3.8) is 0 Å². The third kappa shape index (κ3) is 3.41. The van der Waals surface area contributed by atoms with Crippen LogP contribution >= 0.6 is 0 Å². The molecule has 0 aliphatic heterocycles. The van der Waals surface area contributed by atoms with E-state index in [9.17, 15) is 4.79 Å². The maximum absolute atomic E-state index is 11.6. The molecule has 1 fully saturated rings. The van der Waals surface area contributed by atoms with Crippen LogP contribution in [0.15, 0.2) is 0 Å². The summed E-state index contributed by atoms with van der Waals surface area (Å²) in [6.07, 6.45) is 6.30. The zero-order valence-corrected chi connectivity index (χ0v) is 9.51. The number of nitrogens with two attached hydrogens (primary N) is 1. The summed E-state index contributed by atoms with van der Waals surface area (Å²) in [6.45, 7) is 5.13. The summed E-state index contributed by atoms with van der Waals surface area (Å²) in [5.74, 6) is 0.894. The lowest BCUT2D eigenvalue weighted by atomic mass is 9.77. The van der Waals surface area contributed by atoms with Crippen molar-refractivity contribution in [2.24, 2.45) is 17.1 Å². The molecule has 0 aromatic rings. The molecule has 1 aliphatic rings. The van der Waals surface area contributed by atoms with E-state index in [0.29, 0.717) is 11.7 Å². The van der Waals surface area contributed by atoms with Crippen LogP contribution in [-0.4, -0.2) is 12.3 Å². The Morgan fingerprint density at radius 1 is 1.36 bits per heavy atom. The van der Waals surface area contributed by atoms with E-state index < -0.39 is 0 Å². The number of hydrogen-bond acceptors (Lipinski definition) is 2. The minimum absolute atomic E-state index is 0.244. The van der Waals surface area contributed by atoms with Gasteiger partial charge in [0.25, 0.3) is 0 Å². The van der Waals surface area contributed by atoms with Gasteiger partial charge in [-0.05, 0) is 37.6 Å². The smallest absolute Gasteiger partial charge is 0.135 e. The number of ketones is 1. The molecule has 0 amide bonds. The second kappa shape index (κ2) is 4.92. The Hall–Kier alpha value is -0.370. The molecule has 0 atom stereocenters. The molecule has 82 valence electrons. The van der Waals surface area contributed by atoms with Crippen LogP contribution in [0.2, 0.25) is 0 Å². The molecular formula is C12H23NO. The maximum atomic E-state index is 11.6. The fourth-order valence-electron chi connectivity index (χ4n) is 1.91. The first kappa shape index (κ1) is 11.7. The van der Waals surface area contributed by atoms with Crippen LogP contribution in [0, 0.1) is 11.3 Å². The quantitative estimate of drug-likeness (QED) is 0.711. The summed E-state index contributed by atoms with van der Waals surface area (Å²) in [5.41, 5.74) is 5.78. The number of hydrogen-bond donors (Lipinski definition) is 1. The molecule has 1 aliphatic carbocycles. The number of Topliss-reactive ketones (excluding diaryl/α,β-unsaturated/α-hetero) is 1. The molecule has 0 aromatic carbocycles. The molecule has 1 rings (SSSR count). The van der Waals surface area contributed by atoms with Gasteiger partial charge in [-0.1, -0.05) is 20.3 Å². The van der Waals surface area contributed by atoms with Gasteiger partial charge in [0.05, 0.1) is 0 Å². The van der Waals surface area contributed by atoms with Crippen LogP contribution < -0.4 is 5.73 Å². The normalized spacial score (nSPS) is 17.9. The van der Waals surface area contributed by atoms with E-state index in [1.54, 1.807) is 0 Å². The van der Waals surface area contributed by atoms with Crippen LogP contribution in [0.3, 0.4) is 0 Å². The Morgan fingerprint density at radius 2 is 2.00 bits per heavy atom. The first-order chi connectivity index (χ1) is 6.55. The van der Waals surface area contributed by atoms with Crippen molar-refractivity contribution in [1.29, 1.82) is 0 Å². The second-order valence-corrected chi connectivity index (χ2v) is 5.30. The molecule has 1 saturated carbocycles. The Balaban J connectivity index is 2.21. The molecule has 0 radical (unpaired) electrons. The largest absolute Gasteiger partial charge is 0.330 e. The first-order valence-corrected chi connectivity index (χ1v) is 5.78. The van der Waals surface area contributed by atoms with Gasteiger partial charge in [0.15, 0.2) is 0 Å². The predicted octanol–water partition coefficient (Wildman–Crippen LogP) is 2.51. The van der Waals surface area contributed by atoms with Crippen molar-refractivity contribution in [2.75, 3.05) is 6.54 Å². The van der Waals surface area contributed by atoms with Gasteiger partial charge in [-0.3, -0.25) is 4.79 Å². The van der Waals surface area contributed by atoms with Gasteiger partial charge in [-0.15, -0.1) is 0 Å². The highest BCUT2D eigenvalue weighted by atomic mass is 16.1. The zero-order valence-electron chi connectivity index (χ0n) is 9.51. The standard InChI is InChI=1S/C12H23NO/c1-12(2,8-9-13)7-6-11(14)10-4-3-5-10/h10H,3-9,13H2,1-2H3. The Bertz CT molecular complexity index is 194. The number of rotatable bonds is 6. The Kier molecular flexibility index (Phi) is 4.11. The van der Waals surface area contributed by atoms with Crippen LogP contribution in [0.4, 0.5) is 0 Å². The van der Waals surface area contributed by atoms with Crippen LogP contribution in [-0.2, 0) is 4.79 Å². The van der Waals surface area contributed by atoms with Crippen LogP contribution in [0.25, 0.3) is 0 Å². The van der Waals surface area contributed by atoms with Gasteiger partial charge >= 0.3 is 0 Å². The highest BCUT2D eigenvalue weighted by Crippen LogP contribution is 2.32. The van der Waals surface area contributed by atoms with Gasteiger partial charge in [0, 0.05) is 12.3 Å². The molecule has 14 heavy (non-hydrogen) atoms. The van der Waals surface area contributed by atoms with Crippen molar-refractivity contribution in [3.8, 4) is 0 Å². The number of carbonyl (C=O) groups excluding carboxylic acids is 1. The second-order valence-electron chi connectivity index (χ2n) is 5.30. The molecule has 2 nitrogen and oxygen atoms in total. The van der Waals surface area contributed by atoms with E-state index in [1.165, 1.54) is 6.42 Å². The third-order valence-electron chi connectivity index (χ3n) is 3.43. The molecule has 2 N–H and O–H groups in total. The van der Waals surface area contributed by atoms with Crippen LogP contribution in [0.5, 0.6) is 0 Å². The van der Waals surface area contributed by atoms with Crippen molar-refractivity contribution in [3.05, 3.63) is 0 Å². The first-order valence-electron chi connectivity index (χ1n) is 5.78. The summed E-state index contributed by atoms with van der Waals surface area (Å²) < 4.78 is 0. The molecular weight excluding hydrogens is 174 g/mol. The van der Waals surface area contributed by atoms with E-state index in [-0.39, 0.29) is 5.41 Å². The Labute approximate surface area is 87.2 Å². The predicted molar refractivity (Wildman–Crippen MR) is 59.0 cm³/mol. The topological polar surface area (TPSA) is 43.1 Å². The average molecular weight is 197 g/mol. The van der Waals surface area contributed by atoms with E-state index in [2.05, 4.69) is 13.8 Å². The fourth-order valence-corrected chi connectivity index (χ4v) is 1.91. The third-order valence-corrected chi connectivity index (χ3v) is 3.43. The monoisotopic (exact) mass is 197 g/mol. The molecule has 0 spiro atoms. The van der Waals surface area contributed by atoms with Gasteiger partial charge < -0.3 is 5.73 Å². The molecule has 2 heteroatoms. The van der Waals surface area contributed by atoms with E-state index >= 15 is 0 Å². The summed E-state index contributed by atoms with van der Waals surface area (Å²) in [5, 5.41) is 0. The lowest BCUT2D eigenvalue weighted by molar-refractivity contribution is -0.125. The SMILES string of the molecule is CC(C)(CCN)CCC(=O)C1CCC1. The summed E-state index contributed by atoms with van der Waals surface area (Å²) in [4.78, 5) is 11.6. The van der Waals surface area contributed by atoms with Crippen molar-refractivity contribution >= 4 is 5.78 Å². The highest BCUT2D eigenvalue weighted by Gasteiger charge is 2.26. The zero-order chi connectivity index (χ0) is 10.6. The van der Waals surface area contributed by atoms with Gasteiger partial charge in [0.2, 0.25) is 0 Å². The van der Waals surface area contributed by atoms with Gasteiger partial charge in [-0.25, -0.2) is 0 Å². The molecule has 0 bridgehead atoms. The Morgan fingerprint density at radius 3 is 2.43 bits per heavy atom. The van der Waals surface area contributed by atoms with E-state index in [0.717, 1.165) is 38.6 Å². The van der Waals surface area contributed by atoms with Crippen molar-refractivity contribution in [1.82, 2.24) is 0 Å². The van der Waals surface area contributed by atoms with Crippen molar-refractivity contribution in [2.45, 2.75) is 52.4 Å². The lowest BCUT2D eigenvalue weighted by Crippen LogP contribution is -2.24. The van der Waals surface area contributed by atoms with Crippen LogP contribution in [0.1, 0.15) is 52.4 Å². The minimum atomic E-state index is 0.244. The van der Waals surface area contributed by atoms with Crippen molar-refractivity contribution < 1.29 is 4.79 Å². The highest BCUT2D eigenvalue weighted by molar-refractivity contribution is 5.81. The summed E-state index contributed by atoms with van der Waals surface area (Å²) >= 11 is 0. The number of carbonyl (C=O) groups is 1. The van der Waals surface area contributed by atoms with E-state index in [1.807, 2.05) is 0 Å². The van der Waals surface area contributed by atoms with E-state index in [4.69, 9.17) is 5.73 Å². The fraction of sp³-hybridized carbons (Fsp3) is 0.917. The van der Waals surface area contributed by atoms with Gasteiger partial charge in [0.1, 0.15) is 5.78 Å². The molecule has 0 saturated heterocycles. The van der Waals surface area contributed by atoms with Gasteiger partial charge in [-0.2, -0.15) is 0 Å². The summed E-state index contributed by atoms with van der Waals surface area (Å²) in [6, 6.07) is 0. The maximum Gasteiger partial charge on any atom is 0.135 e. The lowest BCUT2D eigenvalue weighted by Gasteiger charge is -2.27. The summed E-state index contributed by atoms with van der Waals surface area (Å²) in [7, 11) is 0.